The maximum atomic E-state index is 3.61. The van der Waals surface area contributed by atoms with E-state index >= 15 is 0 Å². The van der Waals surface area contributed by atoms with E-state index < -0.39 is 0 Å². The highest BCUT2D eigenvalue weighted by atomic mass is 32.2. The molecule has 1 aliphatic rings. The first-order valence-corrected chi connectivity index (χ1v) is 9.49. The number of rotatable bonds is 6. The van der Waals surface area contributed by atoms with E-state index in [1.165, 1.54) is 42.6 Å². The van der Waals surface area contributed by atoms with Crippen molar-refractivity contribution < 1.29 is 0 Å². The van der Waals surface area contributed by atoms with Crippen LogP contribution in [0.3, 0.4) is 0 Å². The van der Waals surface area contributed by atoms with Gasteiger partial charge in [-0.15, -0.1) is 11.8 Å². The molecule has 1 aliphatic carbocycles. The monoisotopic (exact) mass is 303 g/mol. The standard InChI is InChI=1S/C19H29NS/c1-15(2)20-14-18(17-7-5-4-6-8-17)13-16-9-11-19(21-3)12-10-16/h9-13,15,17,20H,4-8,14H2,1-3H3/b18-13-. The molecule has 2 heteroatoms. The second kappa shape index (κ2) is 8.65. The van der Waals surface area contributed by atoms with Crippen molar-refractivity contribution in [2.24, 2.45) is 5.92 Å². The molecule has 0 amide bonds. The maximum Gasteiger partial charge on any atom is 0.0173 e. The average Bonchev–Trinajstić information content (AvgIpc) is 2.52. The fourth-order valence-electron chi connectivity index (χ4n) is 3.02. The minimum atomic E-state index is 0.552. The fraction of sp³-hybridized carbons (Fsp3) is 0.579. The predicted octanol–water partition coefficient (Wildman–Crippen LogP) is 5.37. The zero-order valence-electron chi connectivity index (χ0n) is 13.7. The van der Waals surface area contributed by atoms with Crippen molar-refractivity contribution in [1.82, 2.24) is 5.32 Å². The molecule has 0 atom stereocenters. The minimum Gasteiger partial charge on any atom is -0.311 e. The van der Waals surface area contributed by atoms with E-state index in [1.807, 2.05) is 0 Å². The molecule has 0 saturated heterocycles. The Bertz CT molecular complexity index is 441. The first-order valence-electron chi connectivity index (χ1n) is 8.27. The molecule has 2 rings (SSSR count). The van der Waals surface area contributed by atoms with Gasteiger partial charge in [0.25, 0.3) is 0 Å². The van der Waals surface area contributed by atoms with Gasteiger partial charge in [0, 0.05) is 17.5 Å². The van der Waals surface area contributed by atoms with Crippen molar-refractivity contribution in [1.29, 1.82) is 0 Å². The summed E-state index contributed by atoms with van der Waals surface area (Å²) in [6.45, 7) is 5.49. The molecule has 1 aromatic rings. The van der Waals surface area contributed by atoms with Gasteiger partial charge in [0.1, 0.15) is 0 Å². The minimum absolute atomic E-state index is 0.552. The molecule has 21 heavy (non-hydrogen) atoms. The lowest BCUT2D eigenvalue weighted by molar-refractivity contribution is 0.394. The molecule has 0 aliphatic heterocycles. The van der Waals surface area contributed by atoms with E-state index in [4.69, 9.17) is 0 Å². The summed E-state index contributed by atoms with van der Waals surface area (Å²) in [4.78, 5) is 1.34. The van der Waals surface area contributed by atoms with Crippen molar-refractivity contribution >= 4 is 17.8 Å². The first-order chi connectivity index (χ1) is 10.2. The summed E-state index contributed by atoms with van der Waals surface area (Å²) in [5.41, 5.74) is 2.94. The van der Waals surface area contributed by atoms with E-state index in [0.29, 0.717) is 6.04 Å². The largest absolute Gasteiger partial charge is 0.311 e. The second-order valence-corrected chi connectivity index (χ2v) is 7.24. The molecule has 116 valence electrons. The van der Waals surface area contributed by atoms with Crippen molar-refractivity contribution in [3.05, 3.63) is 35.4 Å². The predicted molar refractivity (Wildman–Crippen MR) is 95.9 cm³/mol. The summed E-state index contributed by atoms with van der Waals surface area (Å²) in [6, 6.07) is 9.51. The van der Waals surface area contributed by atoms with Gasteiger partial charge in [0.05, 0.1) is 0 Å². The van der Waals surface area contributed by atoms with Crippen LogP contribution in [0.2, 0.25) is 0 Å². The molecule has 0 heterocycles. The van der Waals surface area contributed by atoms with Crippen LogP contribution in [0.5, 0.6) is 0 Å². The molecule has 1 N–H and O–H groups in total. The molecule has 0 unspecified atom stereocenters. The van der Waals surface area contributed by atoms with Crippen LogP contribution >= 0.6 is 11.8 Å². The number of benzene rings is 1. The SMILES string of the molecule is CSc1ccc(/C=C(/CNC(C)C)C2CCCCC2)cc1. The normalized spacial score (nSPS) is 17.4. The molecule has 0 bridgehead atoms. The van der Waals surface area contributed by atoms with Crippen molar-refractivity contribution in [3.63, 3.8) is 0 Å². The van der Waals surface area contributed by atoms with Gasteiger partial charge >= 0.3 is 0 Å². The van der Waals surface area contributed by atoms with Crippen LogP contribution in [0.1, 0.15) is 51.5 Å². The summed E-state index contributed by atoms with van der Waals surface area (Å²) in [7, 11) is 0. The third-order valence-electron chi connectivity index (χ3n) is 4.31. The van der Waals surface area contributed by atoms with E-state index in [2.05, 4.69) is 55.8 Å². The zero-order chi connectivity index (χ0) is 15.1. The Balaban J connectivity index is 2.12. The van der Waals surface area contributed by atoms with Gasteiger partial charge in [-0.2, -0.15) is 0 Å². The van der Waals surface area contributed by atoms with Crippen LogP contribution in [-0.2, 0) is 0 Å². The number of hydrogen-bond donors (Lipinski definition) is 1. The Morgan fingerprint density at radius 1 is 1.19 bits per heavy atom. The Morgan fingerprint density at radius 3 is 2.43 bits per heavy atom. The molecular formula is C19H29NS. The van der Waals surface area contributed by atoms with Gasteiger partial charge in [-0.05, 0) is 42.7 Å². The molecule has 1 fully saturated rings. The number of nitrogens with one attached hydrogen (secondary N) is 1. The summed E-state index contributed by atoms with van der Waals surface area (Å²) in [5.74, 6) is 0.783. The molecule has 1 aromatic carbocycles. The topological polar surface area (TPSA) is 12.0 Å². The zero-order valence-corrected chi connectivity index (χ0v) is 14.5. The molecule has 1 saturated carbocycles. The smallest absolute Gasteiger partial charge is 0.0173 e. The highest BCUT2D eigenvalue weighted by Gasteiger charge is 2.17. The van der Waals surface area contributed by atoms with E-state index in [-0.39, 0.29) is 0 Å². The van der Waals surface area contributed by atoms with Crippen LogP contribution in [-0.4, -0.2) is 18.8 Å². The van der Waals surface area contributed by atoms with E-state index in [0.717, 1.165) is 12.5 Å². The molecular weight excluding hydrogens is 274 g/mol. The summed E-state index contributed by atoms with van der Waals surface area (Å²) < 4.78 is 0. The van der Waals surface area contributed by atoms with E-state index in [1.54, 1.807) is 17.3 Å². The third kappa shape index (κ3) is 5.52. The van der Waals surface area contributed by atoms with Gasteiger partial charge in [-0.25, -0.2) is 0 Å². The second-order valence-electron chi connectivity index (χ2n) is 6.36. The van der Waals surface area contributed by atoms with E-state index in [9.17, 15) is 0 Å². The Kier molecular flexibility index (Phi) is 6.85. The van der Waals surface area contributed by atoms with Crippen LogP contribution in [0.25, 0.3) is 6.08 Å². The Labute approximate surface area is 134 Å². The lowest BCUT2D eigenvalue weighted by Crippen LogP contribution is -2.27. The van der Waals surface area contributed by atoms with Crippen molar-refractivity contribution in [3.8, 4) is 0 Å². The average molecular weight is 304 g/mol. The van der Waals surface area contributed by atoms with Crippen LogP contribution in [0.15, 0.2) is 34.7 Å². The van der Waals surface area contributed by atoms with Gasteiger partial charge in [-0.3, -0.25) is 0 Å². The highest BCUT2D eigenvalue weighted by Crippen LogP contribution is 2.30. The van der Waals surface area contributed by atoms with Crippen molar-refractivity contribution in [2.45, 2.75) is 56.9 Å². The van der Waals surface area contributed by atoms with Crippen molar-refractivity contribution in [2.75, 3.05) is 12.8 Å². The Morgan fingerprint density at radius 2 is 1.86 bits per heavy atom. The molecule has 0 spiro atoms. The quantitative estimate of drug-likeness (QED) is 0.709. The van der Waals surface area contributed by atoms with Gasteiger partial charge in [0.15, 0.2) is 0 Å². The third-order valence-corrected chi connectivity index (χ3v) is 5.06. The Hall–Kier alpha value is -0.730. The molecule has 0 aromatic heterocycles. The van der Waals surface area contributed by atoms with Gasteiger partial charge < -0.3 is 5.32 Å². The first kappa shape index (κ1) is 16.6. The van der Waals surface area contributed by atoms with Crippen LogP contribution < -0.4 is 5.32 Å². The summed E-state index contributed by atoms with van der Waals surface area (Å²) in [5, 5.41) is 3.61. The number of hydrogen-bond acceptors (Lipinski definition) is 2. The molecule has 1 nitrogen and oxygen atoms in total. The summed E-state index contributed by atoms with van der Waals surface area (Å²) in [6.07, 6.45) is 11.5. The van der Waals surface area contributed by atoms with Crippen LogP contribution in [0.4, 0.5) is 0 Å². The lowest BCUT2D eigenvalue weighted by Gasteiger charge is -2.25. The highest BCUT2D eigenvalue weighted by molar-refractivity contribution is 7.98. The molecule has 0 radical (unpaired) electrons. The fourth-order valence-corrected chi connectivity index (χ4v) is 3.43. The lowest BCUT2D eigenvalue weighted by atomic mass is 9.83. The van der Waals surface area contributed by atoms with Gasteiger partial charge in [-0.1, -0.05) is 56.9 Å². The van der Waals surface area contributed by atoms with Crippen LogP contribution in [0, 0.1) is 5.92 Å². The maximum absolute atomic E-state index is 3.61. The van der Waals surface area contributed by atoms with Gasteiger partial charge in [0.2, 0.25) is 0 Å². The summed E-state index contributed by atoms with van der Waals surface area (Å²) >= 11 is 1.81. The number of thioether (sulfide) groups is 1.